The number of rotatable bonds is 3. The molecule has 0 amide bonds. The summed E-state index contributed by atoms with van der Waals surface area (Å²) in [6, 6.07) is 0. The van der Waals surface area contributed by atoms with Crippen LogP contribution in [-0.2, 0) is 4.79 Å². The van der Waals surface area contributed by atoms with Gasteiger partial charge in [-0.2, -0.15) is 0 Å². The summed E-state index contributed by atoms with van der Waals surface area (Å²) in [5, 5.41) is 41.3. The van der Waals surface area contributed by atoms with Crippen molar-refractivity contribution in [1.82, 2.24) is 0 Å². The Labute approximate surface area is 179 Å². The van der Waals surface area contributed by atoms with Gasteiger partial charge in [0.25, 0.3) is 0 Å². The Balaban J connectivity index is 1.70. The molecule has 4 aliphatic carbocycles. The van der Waals surface area contributed by atoms with Gasteiger partial charge in [0.1, 0.15) is 0 Å². The van der Waals surface area contributed by atoms with Crippen molar-refractivity contribution >= 4 is 5.78 Å². The highest BCUT2D eigenvalue weighted by Crippen LogP contribution is 2.62. The number of hydrogen-bond acceptors (Lipinski definition) is 5. The monoisotopic (exact) mass is 416 g/mol. The quantitative estimate of drug-likeness (QED) is 0.530. The molecular formula is C25H36O5. The predicted molar refractivity (Wildman–Crippen MR) is 114 cm³/mol. The molecule has 0 spiro atoms. The van der Waals surface area contributed by atoms with Crippen LogP contribution in [0.1, 0.15) is 59.3 Å². The number of carbonyl (C=O) groups is 1. The fraction of sp³-hybridized carbons (Fsp3) is 0.720. The lowest BCUT2D eigenvalue weighted by Crippen LogP contribution is -2.45. The lowest BCUT2D eigenvalue weighted by atomic mass is 9.57. The molecule has 4 aliphatic rings. The molecule has 4 N–H and O–H groups in total. The molecule has 0 aromatic carbocycles. The van der Waals surface area contributed by atoms with E-state index in [2.05, 4.69) is 13.0 Å². The van der Waals surface area contributed by atoms with Crippen LogP contribution < -0.4 is 0 Å². The fourth-order valence-electron chi connectivity index (χ4n) is 6.92. The second-order valence-corrected chi connectivity index (χ2v) is 10.4. The summed E-state index contributed by atoms with van der Waals surface area (Å²) in [5.41, 5.74) is 3.08. The van der Waals surface area contributed by atoms with Gasteiger partial charge >= 0.3 is 0 Å². The molecule has 2 bridgehead atoms. The van der Waals surface area contributed by atoms with Crippen LogP contribution in [0.25, 0.3) is 0 Å². The maximum absolute atomic E-state index is 13.0. The maximum atomic E-state index is 13.0. The van der Waals surface area contributed by atoms with Gasteiger partial charge in [0.05, 0.1) is 24.4 Å². The molecule has 2 fully saturated rings. The second-order valence-electron chi connectivity index (χ2n) is 10.4. The number of aliphatic hydroxyl groups is 4. The van der Waals surface area contributed by atoms with E-state index in [0.29, 0.717) is 25.7 Å². The highest BCUT2D eigenvalue weighted by molar-refractivity contribution is 5.93. The number of fused-ring (bicyclic) bond motifs is 6. The first kappa shape index (κ1) is 21.9. The number of allylic oxidation sites excluding steroid dienone is 2. The minimum absolute atomic E-state index is 0.0936. The number of hydrogen-bond donors (Lipinski definition) is 4. The Morgan fingerprint density at radius 2 is 2.00 bits per heavy atom. The van der Waals surface area contributed by atoms with Crippen LogP contribution in [-0.4, -0.2) is 50.6 Å². The maximum Gasteiger partial charge on any atom is 0.159 e. The lowest BCUT2D eigenvalue weighted by Gasteiger charge is -2.48. The minimum Gasteiger partial charge on any atom is -0.393 e. The molecule has 0 aliphatic heterocycles. The second kappa shape index (κ2) is 8.01. The van der Waals surface area contributed by atoms with Gasteiger partial charge in [-0.25, -0.2) is 0 Å². The zero-order valence-electron chi connectivity index (χ0n) is 18.3. The number of carbonyl (C=O) groups excluding carboxylic acids is 1. The first-order valence-corrected chi connectivity index (χ1v) is 11.5. The van der Waals surface area contributed by atoms with Gasteiger partial charge in [-0.15, -0.1) is 0 Å². The molecule has 0 aromatic heterocycles. The van der Waals surface area contributed by atoms with Crippen LogP contribution in [0.15, 0.2) is 34.9 Å². The molecular weight excluding hydrogens is 380 g/mol. The van der Waals surface area contributed by atoms with Crippen LogP contribution in [0.2, 0.25) is 0 Å². The van der Waals surface area contributed by atoms with Crippen LogP contribution >= 0.6 is 0 Å². The van der Waals surface area contributed by atoms with E-state index in [1.54, 1.807) is 13.0 Å². The van der Waals surface area contributed by atoms with Crippen LogP contribution in [0, 0.1) is 29.1 Å². The zero-order valence-corrected chi connectivity index (χ0v) is 18.3. The van der Waals surface area contributed by atoms with Gasteiger partial charge in [-0.3, -0.25) is 4.79 Å². The van der Waals surface area contributed by atoms with Gasteiger partial charge < -0.3 is 20.4 Å². The summed E-state index contributed by atoms with van der Waals surface area (Å²) in [4.78, 5) is 13.0. The smallest absolute Gasteiger partial charge is 0.159 e. The third-order valence-electron chi connectivity index (χ3n) is 8.41. The lowest BCUT2D eigenvalue weighted by molar-refractivity contribution is -0.119. The topological polar surface area (TPSA) is 98.0 Å². The summed E-state index contributed by atoms with van der Waals surface area (Å²) < 4.78 is 0. The van der Waals surface area contributed by atoms with Crippen molar-refractivity contribution in [2.24, 2.45) is 29.1 Å². The van der Waals surface area contributed by atoms with Crippen molar-refractivity contribution < 1.29 is 25.2 Å². The normalized spacial score (nSPS) is 43.6. The Hall–Kier alpha value is -1.27. The summed E-state index contributed by atoms with van der Waals surface area (Å²) in [6.07, 6.45) is 7.14. The van der Waals surface area contributed by atoms with E-state index in [1.165, 1.54) is 0 Å². The SMILES string of the molecule is CC(=C[C@H](O)[C@H](C)O)[C@H]1CC[C@H]2C3=CC(=O)[C@H]4CC(=CC[C@H](O)C4)[C@H]3[C@H](O)C[C@]12C. The van der Waals surface area contributed by atoms with Crippen molar-refractivity contribution in [2.75, 3.05) is 0 Å². The molecule has 2 saturated carbocycles. The first-order chi connectivity index (χ1) is 14.1. The van der Waals surface area contributed by atoms with Crippen LogP contribution in [0.4, 0.5) is 0 Å². The molecule has 5 nitrogen and oxygen atoms in total. The molecule has 0 unspecified atom stereocenters. The fourth-order valence-corrected chi connectivity index (χ4v) is 6.92. The third kappa shape index (κ3) is 3.64. The van der Waals surface area contributed by atoms with E-state index < -0.39 is 24.4 Å². The first-order valence-electron chi connectivity index (χ1n) is 11.5. The van der Waals surface area contributed by atoms with E-state index in [4.69, 9.17) is 0 Å². The number of aliphatic hydroxyl groups excluding tert-OH is 4. The van der Waals surface area contributed by atoms with E-state index in [0.717, 1.165) is 29.6 Å². The molecule has 5 heteroatoms. The number of ketones is 1. The molecule has 9 atom stereocenters. The molecule has 4 rings (SSSR count). The van der Waals surface area contributed by atoms with Gasteiger partial charge in [-0.05, 0) is 75.7 Å². The molecule has 0 radical (unpaired) electrons. The van der Waals surface area contributed by atoms with E-state index in [1.807, 2.05) is 13.0 Å². The summed E-state index contributed by atoms with van der Waals surface area (Å²) in [6.45, 7) is 5.80. The zero-order chi connectivity index (χ0) is 21.8. The van der Waals surface area contributed by atoms with Crippen molar-refractivity contribution in [3.63, 3.8) is 0 Å². The van der Waals surface area contributed by atoms with Crippen molar-refractivity contribution in [3.8, 4) is 0 Å². The molecule has 0 heterocycles. The highest BCUT2D eigenvalue weighted by Gasteiger charge is 2.56. The van der Waals surface area contributed by atoms with Gasteiger partial charge in [-0.1, -0.05) is 35.8 Å². The van der Waals surface area contributed by atoms with Gasteiger partial charge in [0.15, 0.2) is 5.78 Å². The van der Waals surface area contributed by atoms with Crippen molar-refractivity contribution in [3.05, 3.63) is 34.9 Å². The third-order valence-corrected chi connectivity index (χ3v) is 8.41. The average Bonchev–Trinajstić information content (AvgIpc) is 2.79. The highest BCUT2D eigenvalue weighted by atomic mass is 16.3. The van der Waals surface area contributed by atoms with Crippen molar-refractivity contribution in [1.29, 1.82) is 0 Å². The standard InChI is InChI=1S/C25H36O5/c1-13(8-21(28)14(2)26)19-6-7-20-18-11-22(29)16-9-15(4-5-17(27)10-16)24(18)23(30)12-25(19,20)3/h4,8,11,14,16-17,19-21,23-24,26-28,30H,5-7,9-10,12H2,1-3H3/t14-,16-,17-,19+,20-,21-,23+,24+,25+/m0/s1. The average molecular weight is 417 g/mol. The van der Waals surface area contributed by atoms with E-state index >= 15 is 0 Å². The summed E-state index contributed by atoms with van der Waals surface area (Å²) in [5.74, 6) is 0.205. The largest absolute Gasteiger partial charge is 0.393 e. The summed E-state index contributed by atoms with van der Waals surface area (Å²) >= 11 is 0. The Morgan fingerprint density at radius 3 is 2.70 bits per heavy atom. The van der Waals surface area contributed by atoms with E-state index in [9.17, 15) is 25.2 Å². The van der Waals surface area contributed by atoms with Gasteiger partial charge in [0, 0.05) is 11.8 Å². The van der Waals surface area contributed by atoms with E-state index in [-0.39, 0.29) is 34.9 Å². The Bertz CT molecular complexity index is 793. The molecule has 0 saturated heterocycles. The molecule has 0 aromatic rings. The Morgan fingerprint density at radius 1 is 1.27 bits per heavy atom. The van der Waals surface area contributed by atoms with Gasteiger partial charge in [0.2, 0.25) is 0 Å². The van der Waals surface area contributed by atoms with Crippen molar-refractivity contribution in [2.45, 2.75) is 83.7 Å². The molecule has 30 heavy (non-hydrogen) atoms. The minimum atomic E-state index is -0.896. The predicted octanol–water partition coefficient (Wildman–Crippen LogP) is 2.68. The Kier molecular flexibility index (Phi) is 5.86. The van der Waals surface area contributed by atoms with Crippen LogP contribution in [0.5, 0.6) is 0 Å². The van der Waals surface area contributed by atoms with Crippen LogP contribution in [0.3, 0.4) is 0 Å². The summed E-state index contributed by atoms with van der Waals surface area (Å²) in [7, 11) is 0. The molecule has 166 valence electrons.